The molecule has 1 rings (SSSR count). The highest BCUT2D eigenvalue weighted by molar-refractivity contribution is 5.77. The van der Waals surface area contributed by atoms with Gasteiger partial charge in [-0.25, -0.2) is 0 Å². The Labute approximate surface area is 104 Å². The van der Waals surface area contributed by atoms with E-state index in [0.717, 1.165) is 19.5 Å². The molecule has 0 aliphatic carbocycles. The minimum atomic E-state index is 0.0757. The predicted octanol–water partition coefficient (Wildman–Crippen LogP) is 1.59. The van der Waals surface area contributed by atoms with Crippen molar-refractivity contribution in [3.63, 3.8) is 0 Å². The van der Waals surface area contributed by atoms with Crippen LogP contribution in [0.15, 0.2) is 30.3 Å². The Morgan fingerprint density at radius 1 is 1.24 bits per heavy atom. The molecule has 3 heteroatoms. The first-order valence-corrected chi connectivity index (χ1v) is 6.20. The van der Waals surface area contributed by atoms with Crippen molar-refractivity contribution >= 4 is 5.91 Å². The van der Waals surface area contributed by atoms with Crippen molar-refractivity contribution in [2.45, 2.75) is 20.3 Å². The van der Waals surface area contributed by atoms with E-state index in [4.69, 9.17) is 0 Å². The number of hydrogen-bond donors (Lipinski definition) is 2. The number of nitrogens with one attached hydrogen (secondary N) is 2. The Morgan fingerprint density at radius 2 is 1.94 bits per heavy atom. The smallest absolute Gasteiger partial charge is 0.233 e. The van der Waals surface area contributed by atoms with Gasteiger partial charge in [0.15, 0.2) is 0 Å². The summed E-state index contributed by atoms with van der Waals surface area (Å²) in [6.07, 6.45) is 0.957. The fourth-order valence-electron chi connectivity index (χ4n) is 1.46. The standard InChI is InChI=1S/C14H22N2O/c1-12(2)10-16-14(17)11-15-9-8-13-6-4-3-5-7-13/h3-7,12,15H,8-11H2,1-2H3,(H,16,17). The van der Waals surface area contributed by atoms with E-state index in [1.54, 1.807) is 0 Å². The third kappa shape index (κ3) is 6.74. The molecule has 0 atom stereocenters. The highest BCUT2D eigenvalue weighted by Gasteiger charge is 2.01. The van der Waals surface area contributed by atoms with Crippen molar-refractivity contribution in [3.8, 4) is 0 Å². The summed E-state index contributed by atoms with van der Waals surface area (Å²) in [4.78, 5) is 11.4. The first-order chi connectivity index (χ1) is 8.18. The van der Waals surface area contributed by atoms with Gasteiger partial charge in [-0.1, -0.05) is 44.2 Å². The molecule has 0 unspecified atom stereocenters. The average molecular weight is 234 g/mol. The molecule has 3 nitrogen and oxygen atoms in total. The van der Waals surface area contributed by atoms with Crippen molar-refractivity contribution in [2.75, 3.05) is 19.6 Å². The first-order valence-electron chi connectivity index (χ1n) is 6.20. The number of benzene rings is 1. The molecule has 0 bridgehead atoms. The molecule has 0 aromatic heterocycles. The van der Waals surface area contributed by atoms with E-state index in [0.29, 0.717) is 12.5 Å². The summed E-state index contributed by atoms with van der Waals surface area (Å²) in [6, 6.07) is 10.3. The van der Waals surface area contributed by atoms with E-state index < -0.39 is 0 Å². The van der Waals surface area contributed by atoms with Gasteiger partial charge in [-0.3, -0.25) is 4.79 Å². The molecule has 0 saturated carbocycles. The zero-order valence-electron chi connectivity index (χ0n) is 10.7. The van der Waals surface area contributed by atoms with Gasteiger partial charge in [0, 0.05) is 6.54 Å². The van der Waals surface area contributed by atoms with Gasteiger partial charge in [-0.2, -0.15) is 0 Å². The van der Waals surface area contributed by atoms with Crippen molar-refractivity contribution in [1.82, 2.24) is 10.6 Å². The molecular formula is C14H22N2O. The number of carbonyl (C=O) groups excluding carboxylic acids is 1. The van der Waals surface area contributed by atoms with Crippen molar-refractivity contribution in [2.24, 2.45) is 5.92 Å². The SMILES string of the molecule is CC(C)CNC(=O)CNCCc1ccccc1. The van der Waals surface area contributed by atoms with Gasteiger partial charge in [0.1, 0.15) is 0 Å². The van der Waals surface area contributed by atoms with Crippen LogP contribution in [-0.4, -0.2) is 25.5 Å². The third-order valence-corrected chi connectivity index (χ3v) is 2.43. The lowest BCUT2D eigenvalue weighted by molar-refractivity contribution is -0.120. The molecule has 0 spiro atoms. The Kier molecular flexibility index (Phi) is 6.33. The second-order valence-electron chi connectivity index (χ2n) is 4.61. The second-order valence-corrected chi connectivity index (χ2v) is 4.61. The number of rotatable bonds is 7. The van der Waals surface area contributed by atoms with Gasteiger partial charge < -0.3 is 10.6 Å². The molecule has 0 aliphatic rings. The molecule has 0 radical (unpaired) electrons. The lowest BCUT2D eigenvalue weighted by atomic mass is 10.1. The molecule has 17 heavy (non-hydrogen) atoms. The van der Waals surface area contributed by atoms with Crippen LogP contribution >= 0.6 is 0 Å². The van der Waals surface area contributed by atoms with Gasteiger partial charge >= 0.3 is 0 Å². The summed E-state index contributed by atoms with van der Waals surface area (Å²) in [5, 5.41) is 6.02. The van der Waals surface area contributed by atoms with E-state index in [1.807, 2.05) is 18.2 Å². The summed E-state index contributed by atoms with van der Waals surface area (Å²) in [6.45, 7) is 6.16. The van der Waals surface area contributed by atoms with Gasteiger partial charge in [-0.15, -0.1) is 0 Å². The molecule has 94 valence electrons. The van der Waals surface area contributed by atoms with Gasteiger partial charge in [-0.05, 0) is 24.4 Å². The average Bonchev–Trinajstić information content (AvgIpc) is 2.33. The van der Waals surface area contributed by atoms with Crippen molar-refractivity contribution in [1.29, 1.82) is 0 Å². The molecule has 0 fully saturated rings. The second kappa shape index (κ2) is 7.85. The summed E-state index contributed by atoms with van der Waals surface area (Å²) in [5.74, 6) is 0.579. The third-order valence-electron chi connectivity index (χ3n) is 2.43. The van der Waals surface area contributed by atoms with Crippen LogP contribution in [-0.2, 0) is 11.2 Å². The molecule has 1 amide bonds. The maximum atomic E-state index is 11.4. The molecule has 1 aromatic carbocycles. The minimum absolute atomic E-state index is 0.0757. The largest absolute Gasteiger partial charge is 0.355 e. The van der Waals surface area contributed by atoms with Gasteiger partial charge in [0.05, 0.1) is 6.54 Å². The van der Waals surface area contributed by atoms with Gasteiger partial charge in [0.2, 0.25) is 5.91 Å². The summed E-state index contributed by atoms with van der Waals surface area (Å²) in [7, 11) is 0. The van der Waals surface area contributed by atoms with Crippen LogP contribution in [0.5, 0.6) is 0 Å². The zero-order valence-corrected chi connectivity index (χ0v) is 10.7. The number of hydrogen-bond acceptors (Lipinski definition) is 2. The lowest BCUT2D eigenvalue weighted by Gasteiger charge is -2.08. The Balaban J connectivity index is 2.06. The minimum Gasteiger partial charge on any atom is -0.355 e. The summed E-state index contributed by atoms with van der Waals surface area (Å²) >= 11 is 0. The Hall–Kier alpha value is -1.35. The molecule has 2 N–H and O–H groups in total. The van der Waals surface area contributed by atoms with Crippen LogP contribution < -0.4 is 10.6 Å². The summed E-state index contributed by atoms with van der Waals surface area (Å²) < 4.78 is 0. The Morgan fingerprint density at radius 3 is 2.59 bits per heavy atom. The fourth-order valence-corrected chi connectivity index (χ4v) is 1.46. The fraction of sp³-hybridized carbons (Fsp3) is 0.500. The van der Waals surface area contributed by atoms with Crippen molar-refractivity contribution in [3.05, 3.63) is 35.9 Å². The maximum Gasteiger partial charge on any atom is 0.233 e. The van der Waals surface area contributed by atoms with E-state index in [9.17, 15) is 4.79 Å². The molecule has 1 aromatic rings. The van der Waals surface area contributed by atoms with E-state index >= 15 is 0 Å². The molecule has 0 saturated heterocycles. The van der Waals surface area contributed by atoms with Crippen LogP contribution in [0.3, 0.4) is 0 Å². The van der Waals surface area contributed by atoms with E-state index in [1.165, 1.54) is 5.56 Å². The summed E-state index contributed by atoms with van der Waals surface area (Å²) in [5.41, 5.74) is 1.29. The van der Waals surface area contributed by atoms with Crippen LogP contribution in [0.4, 0.5) is 0 Å². The lowest BCUT2D eigenvalue weighted by Crippen LogP contribution is -2.36. The van der Waals surface area contributed by atoms with E-state index in [-0.39, 0.29) is 5.91 Å². The number of carbonyl (C=O) groups is 1. The monoisotopic (exact) mass is 234 g/mol. The molecule has 0 aliphatic heterocycles. The van der Waals surface area contributed by atoms with E-state index in [2.05, 4.69) is 36.6 Å². The zero-order chi connectivity index (χ0) is 12.5. The van der Waals surface area contributed by atoms with Crippen molar-refractivity contribution < 1.29 is 4.79 Å². The Bertz CT molecular complexity index is 322. The van der Waals surface area contributed by atoms with Crippen LogP contribution in [0, 0.1) is 5.92 Å². The van der Waals surface area contributed by atoms with Crippen LogP contribution in [0.2, 0.25) is 0 Å². The topological polar surface area (TPSA) is 41.1 Å². The first kappa shape index (κ1) is 13.7. The molecule has 0 heterocycles. The van der Waals surface area contributed by atoms with Crippen LogP contribution in [0.25, 0.3) is 0 Å². The quantitative estimate of drug-likeness (QED) is 0.703. The normalized spacial score (nSPS) is 10.5. The van der Waals surface area contributed by atoms with Crippen LogP contribution in [0.1, 0.15) is 19.4 Å². The predicted molar refractivity (Wildman–Crippen MR) is 70.9 cm³/mol. The highest BCUT2D eigenvalue weighted by Crippen LogP contribution is 1.97. The molecular weight excluding hydrogens is 212 g/mol. The maximum absolute atomic E-state index is 11.4. The number of amides is 1. The van der Waals surface area contributed by atoms with Gasteiger partial charge in [0.25, 0.3) is 0 Å². The highest BCUT2D eigenvalue weighted by atomic mass is 16.1.